The van der Waals surface area contributed by atoms with Crippen molar-refractivity contribution in [3.63, 3.8) is 0 Å². The Labute approximate surface area is 206 Å². The van der Waals surface area contributed by atoms with Crippen molar-refractivity contribution in [3.8, 4) is 5.75 Å². The molecule has 1 atom stereocenters. The van der Waals surface area contributed by atoms with Crippen molar-refractivity contribution in [2.24, 2.45) is 0 Å². The minimum atomic E-state index is -3.76. The molecule has 0 aliphatic rings. The number of hydrogen-bond acceptors (Lipinski definition) is 4. The Morgan fingerprint density at radius 1 is 0.971 bits per heavy atom. The van der Waals surface area contributed by atoms with Crippen molar-refractivity contribution in [1.29, 1.82) is 0 Å². The van der Waals surface area contributed by atoms with Gasteiger partial charge in [0.15, 0.2) is 0 Å². The van der Waals surface area contributed by atoms with Gasteiger partial charge in [0.25, 0.3) is 15.9 Å². The minimum Gasteiger partial charge on any atom is -0.496 e. The number of nitrogens with one attached hydrogen (secondary N) is 2. The highest BCUT2D eigenvalue weighted by Crippen LogP contribution is 2.32. The molecule has 3 aromatic rings. The third-order valence-corrected chi connectivity index (χ3v) is 7.28. The van der Waals surface area contributed by atoms with Crippen LogP contribution in [-0.4, -0.2) is 21.4 Å². The largest absolute Gasteiger partial charge is 0.496 e. The Morgan fingerprint density at radius 2 is 1.65 bits per heavy atom. The molecule has 34 heavy (non-hydrogen) atoms. The van der Waals surface area contributed by atoms with Crippen molar-refractivity contribution < 1.29 is 17.9 Å². The van der Waals surface area contributed by atoms with Gasteiger partial charge in [0.2, 0.25) is 0 Å². The third-order valence-electron chi connectivity index (χ3n) is 5.57. The number of amides is 1. The Kier molecular flexibility index (Phi) is 7.89. The van der Waals surface area contributed by atoms with E-state index in [9.17, 15) is 13.2 Å². The second kappa shape index (κ2) is 10.5. The molecule has 0 aliphatic carbocycles. The summed E-state index contributed by atoms with van der Waals surface area (Å²) < 4.78 is 33.1. The fraction of sp³-hybridized carbons (Fsp3) is 0.269. The summed E-state index contributed by atoms with van der Waals surface area (Å²) in [7, 11) is -2.11. The van der Waals surface area contributed by atoms with Gasteiger partial charge in [0.1, 0.15) is 5.75 Å². The second-order valence-electron chi connectivity index (χ2n) is 8.41. The molecule has 0 bridgehead atoms. The number of anilines is 1. The van der Waals surface area contributed by atoms with Crippen LogP contribution in [-0.2, 0) is 10.0 Å². The highest BCUT2D eigenvalue weighted by molar-refractivity contribution is 7.92. The number of sulfonamides is 1. The van der Waals surface area contributed by atoms with Crippen LogP contribution >= 0.6 is 11.6 Å². The van der Waals surface area contributed by atoms with Crippen LogP contribution in [0.3, 0.4) is 0 Å². The molecule has 0 fully saturated rings. The van der Waals surface area contributed by atoms with Gasteiger partial charge in [0.05, 0.1) is 34.3 Å². The maximum atomic E-state index is 13.0. The maximum Gasteiger partial charge on any atom is 0.261 e. The Balaban J connectivity index is 1.79. The molecule has 2 N–H and O–H groups in total. The van der Waals surface area contributed by atoms with Crippen molar-refractivity contribution in [3.05, 3.63) is 87.9 Å². The second-order valence-corrected chi connectivity index (χ2v) is 10.5. The summed E-state index contributed by atoms with van der Waals surface area (Å²) in [6.45, 7) is 8.07. The normalized spacial score (nSPS) is 12.3. The zero-order valence-corrected chi connectivity index (χ0v) is 21.4. The lowest BCUT2D eigenvalue weighted by molar-refractivity contribution is 0.0940. The van der Waals surface area contributed by atoms with E-state index in [1.807, 2.05) is 19.9 Å². The van der Waals surface area contributed by atoms with Gasteiger partial charge in [-0.05, 0) is 78.9 Å². The lowest BCUT2D eigenvalue weighted by Crippen LogP contribution is -2.27. The van der Waals surface area contributed by atoms with E-state index in [4.69, 9.17) is 16.3 Å². The van der Waals surface area contributed by atoms with Gasteiger partial charge in [-0.15, -0.1) is 0 Å². The molecule has 0 saturated carbocycles. The van der Waals surface area contributed by atoms with Crippen LogP contribution in [0.2, 0.25) is 5.02 Å². The molecule has 0 spiro atoms. The van der Waals surface area contributed by atoms with Crippen LogP contribution in [0.4, 0.5) is 5.69 Å². The van der Waals surface area contributed by atoms with Crippen molar-refractivity contribution in [2.75, 3.05) is 11.8 Å². The first-order chi connectivity index (χ1) is 16.0. The van der Waals surface area contributed by atoms with Crippen LogP contribution in [0, 0.1) is 6.92 Å². The molecule has 0 unspecified atom stereocenters. The molecule has 1 amide bonds. The standard InChI is InChI=1S/C26H29ClN2O4S/c1-16(2)22-15-23(17(3)13-25(22)33-5)18(4)28-26(30)21-12-11-19(14-24(21)27)29-34(31,32)20-9-7-6-8-10-20/h6-16,18,29H,1-5H3,(H,28,30)/t18-/m1/s1. The summed E-state index contributed by atoms with van der Waals surface area (Å²) >= 11 is 6.35. The summed E-state index contributed by atoms with van der Waals surface area (Å²) in [5, 5.41) is 3.13. The predicted octanol–water partition coefficient (Wildman–Crippen LogP) is 6.07. The number of ether oxygens (including phenoxy) is 1. The number of hydrogen-bond donors (Lipinski definition) is 2. The van der Waals surface area contributed by atoms with Gasteiger partial charge in [-0.3, -0.25) is 9.52 Å². The molecule has 8 heteroatoms. The van der Waals surface area contributed by atoms with Crippen LogP contribution in [0.5, 0.6) is 5.75 Å². The highest BCUT2D eigenvalue weighted by atomic mass is 35.5. The average Bonchev–Trinajstić information content (AvgIpc) is 2.78. The molecule has 180 valence electrons. The van der Waals surface area contributed by atoms with Crippen LogP contribution in [0.1, 0.15) is 59.8 Å². The molecule has 0 aliphatic heterocycles. The Bertz CT molecular complexity index is 1290. The van der Waals surface area contributed by atoms with Crippen molar-refractivity contribution in [2.45, 2.75) is 44.6 Å². The fourth-order valence-electron chi connectivity index (χ4n) is 3.74. The summed E-state index contributed by atoms with van der Waals surface area (Å²) in [4.78, 5) is 13.1. The Hall–Kier alpha value is -3.03. The fourth-order valence-corrected chi connectivity index (χ4v) is 5.08. The summed E-state index contributed by atoms with van der Waals surface area (Å²) in [5.74, 6) is 0.738. The molecular formula is C26H29ClN2O4S. The molecule has 0 heterocycles. The van der Waals surface area contributed by atoms with Gasteiger partial charge < -0.3 is 10.1 Å². The molecule has 3 rings (SSSR count). The lowest BCUT2D eigenvalue weighted by Gasteiger charge is -2.21. The maximum absolute atomic E-state index is 13.0. The van der Waals surface area contributed by atoms with Gasteiger partial charge in [-0.1, -0.05) is 43.6 Å². The molecular weight excluding hydrogens is 472 g/mol. The smallest absolute Gasteiger partial charge is 0.261 e. The van der Waals surface area contributed by atoms with Gasteiger partial charge in [-0.25, -0.2) is 8.42 Å². The van der Waals surface area contributed by atoms with Crippen LogP contribution in [0.25, 0.3) is 0 Å². The van der Waals surface area contributed by atoms with Crippen molar-refractivity contribution >= 4 is 33.2 Å². The third kappa shape index (κ3) is 5.72. The lowest BCUT2D eigenvalue weighted by atomic mass is 9.93. The van der Waals surface area contributed by atoms with Crippen LogP contribution in [0.15, 0.2) is 65.6 Å². The zero-order valence-electron chi connectivity index (χ0n) is 19.8. The summed E-state index contributed by atoms with van der Waals surface area (Å²) in [5.41, 5.74) is 3.58. The van der Waals surface area contributed by atoms with E-state index >= 15 is 0 Å². The number of rotatable bonds is 8. The number of carbonyl (C=O) groups excluding carboxylic acids is 1. The highest BCUT2D eigenvalue weighted by Gasteiger charge is 2.20. The minimum absolute atomic E-state index is 0.136. The van der Waals surface area contributed by atoms with Crippen molar-refractivity contribution in [1.82, 2.24) is 5.32 Å². The molecule has 0 aromatic heterocycles. The number of benzene rings is 3. The molecule has 0 radical (unpaired) electrons. The summed E-state index contributed by atoms with van der Waals surface area (Å²) in [6, 6.07) is 16.2. The molecule has 3 aromatic carbocycles. The average molecular weight is 501 g/mol. The monoisotopic (exact) mass is 500 g/mol. The van der Waals surface area contributed by atoms with Gasteiger partial charge in [-0.2, -0.15) is 0 Å². The number of methoxy groups -OCH3 is 1. The number of aryl methyl sites for hydroxylation is 1. The van der Waals surface area contributed by atoms with E-state index in [0.29, 0.717) is 0 Å². The topological polar surface area (TPSA) is 84.5 Å². The first-order valence-corrected chi connectivity index (χ1v) is 12.8. The molecule has 6 nitrogen and oxygen atoms in total. The van der Waals surface area contributed by atoms with E-state index in [1.54, 1.807) is 25.3 Å². The van der Waals surface area contributed by atoms with E-state index in [0.717, 1.165) is 22.4 Å². The van der Waals surface area contributed by atoms with Gasteiger partial charge >= 0.3 is 0 Å². The zero-order chi connectivity index (χ0) is 25.0. The number of carbonyl (C=O) groups is 1. The SMILES string of the molecule is COc1cc(C)c([C@@H](C)NC(=O)c2ccc(NS(=O)(=O)c3ccccc3)cc2Cl)cc1C(C)C. The first kappa shape index (κ1) is 25.6. The van der Waals surface area contributed by atoms with Gasteiger partial charge in [0, 0.05) is 0 Å². The van der Waals surface area contributed by atoms with E-state index in [2.05, 4.69) is 30.0 Å². The quantitative estimate of drug-likeness (QED) is 0.393. The number of halogens is 1. The van der Waals surface area contributed by atoms with E-state index in [-0.39, 0.29) is 39.0 Å². The Morgan fingerprint density at radius 3 is 2.24 bits per heavy atom. The first-order valence-electron chi connectivity index (χ1n) is 10.9. The van der Waals surface area contributed by atoms with Crippen LogP contribution < -0.4 is 14.8 Å². The van der Waals surface area contributed by atoms with E-state index < -0.39 is 10.0 Å². The molecule has 0 saturated heterocycles. The summed E-state index contributed by atoms with van der Waals surface area (Å²) in [6.07, 6.45) is 0. The predicted molar refractivity (Wildman–Crippen MR) is 136 cm³/mol. The van der Waals surface area contributed by atoms with E-state index in [1.165, 1.54) is 30.3 Å².